The Morgan fingerprint density at radius 2 is 2.05 bits per heavy atom. The zero-order valence-corrected chi connectivity index (χ0v) is 12.4. The van der Waals surface area contributed by atoms with E-state index in [1.165, 1.54) is 0 Å². The van der Waals surface area contributed by atoms with Crippen LogP contribution in [0.3, 0.4) is 0 Å². The van der Waals surface area contributed by atoms with Gasteiger partial charge in [0.1, 0.15) is 5.03 Å². The molecule has 0 aliphatic carbocycles. The molecular formula is C15H17N3O2S. The molecule has 0 amide bonds. The molecule has 2 aromatic rings. The van der Waals surface area contributed by atoms with Crippen LogP contribution in [0.4, 0.5) is 0 Å². The Morgan fingerprint density at radius 1 is 1.19 bits per heavy atom. The molecule has 2 heterocycles. The first kappa shape index (κ1) is 14.2. The van der Waals surface area contributed by atoms with Crippen LogP contribution in [0.2, 0.25) is 0 Å². The maximum Gasteiger partial charge on any atom is 0.161 e. The van der Waals surface area contributed by atoms with Crippen LogP contribution in [0.15, 0.2) is 41.8 Å². The van der Waals surface area contributed by atoms with Crippen molar-refractivity contribution >= 4 is 11.8 Å². The standard InChI is InChI=1S/C15H17N3O2S/c16-12(10-21-15-9-17-4-5-18-15)11-2-3-13-14(8-11)20-7-1-6-19-13/h2-5,8-9,12H,1,6-7,10,16H2. The van der Waals surface area contributed by atoms with Crippen molar-refractivity contribution in [2.24, 2.45) is 5.73 Å². The van der Waals surface area contributed by atoms with E-state index in [0.29, 0.717) is 13.2 Å². The number of hydrogen-bond donors (Lipinski definition) is 1. The number of nitrogens with zero attached hydrogens (tertiary/aromatic N) is 2. The van der Waals surface area contributed by atoms with Gasteiger partial charge in [-0.1, -0.05) is 6.07 Å². The van der Waals surface area contributed by atoms with Gasteiger partial charge in [0.15, 0.2) is 11.5 Å². The number of thioether (sulfide) groups is 1. The zero-order valence-electron chi connectivity index (χ0n) is 11.6. The normalized spacial score (nSPS) is 15.3. The predicted octanol–water partition coefficient (Wildman–Crippen LogP) is 2.43. The molecule has 0 saturated heterocycles. The van der Waals surface area contributed by atoms with Crippen LogP contribution < -0.4 is 15.2 Å². The summed E-state index contributed by atoms with van der Waals surface area (Å²) in [5, 5.41) is 0.877. The average Bonchev–Trinajstić information content (AvgIpc) is 2.78. The van der Waals surface area contributed by atoms with E-state index in [0.717, 1.165) is 34.3 Å². The highest BCUT2D eigenvalue weighted by Crippen LogP contribution is 2.32. The van der Waals surface area contributed by atoms with Crippen molar-refractivity contribution in [3.05, 3.63) is 42.4 Å². The Kier molecular flexibility index (Phi) is 4.57. The molecule has 0 fully saturated rings. The molecule has 110 valence electrons. The maximum absolute atomic E-state index is 6.25. The summed E-state index contributed by atoms with van der Waals surface area (Å²) in [7, 11) is 0. The molecule has 21 heavy (non-hydrogen) atoms. The highest BCUT2D eigenvalue weighted by molar-refractivity contribution is 7.99. The summed E-state index contributed by atoms with van der Waals surface area (Å²) >= 11 is 1.59. The molecule has 0 spiro atoms. The Labute approximate surface area is 127 Å². The van der Waals surface area contributed by atoms with E-state index in [9.17, 15) is 0 Å². The lowest BCUT2D eigenvalue weighted by atomic mass is 10.1. The lowest BCUT2D eigenvalue weighted by molar-refractivity contribution is 0.297. The molecule has 5 nitrogen and oxygen atoms in total. The van der Waals surface area contributed by atoms with E-state index < -0.39 is 0 Å². The second-order valence-corrected chi connectivity index (χ2v) is 5.76. The Balaban J connectivity index is 1.67. The lowest BCUT2D eigenvalue weighted by Gasteiger charge is -2.14. The molecule has 1 unspecified atom stereocenters. The van der Waals surface area contributed by atoms with Gasteiger partial charge in [-0.15, -0.1) is 11.8 Å². The van der Waals surface area contributed by atoms with Crippen molar-refractivity contribution in [2.75, 3.05) is 19.0 Å². The average molecular weight is 303 g/mol. The van der Waals surface area contributed by atoms with Crippen molar-refractivity contribution < 1.29 is 9.47 Å². The SMILES string of the molecule is NC(CSc1cnccn1)c1ccc2c(c1)OCCCO2. The lowest BCUT2D eigenvalue weighted by Crippen LogP contribution is -2.13. The number of ether oxygens (including phenoxy) is 2. The van der Waals surface area contributed by atoms with Gasteiger partial charge in [0, 0.05) is 30.6 Å². The van der Waals surface area contributed by atoms with Crippen molar-refractivity contribution in [3.8, 4) is 11.5 Å². The van der Waals surface area contributed by atoms with Crippen LogP contribution in [0, 0.1) is 0 Å². The topological polar surface area (TPSA) is 70.3 Å². The van der Waals surface area contributed by atoms with E-state index in [-0.39, 0.29) is 6.04 Å². The third-order valence-electron chi connectivity index (χ3n) is 3.15. The van der Waals surface area contributed by atoms with Crippen LogP contribution in [0.1, 0.15) is 18.0 Å². The molecule has 1 atom stereocenters. The van der Waals surface area contributed by atoms with Crippen LogP contribution in [-0.2, 0) is 0 Å². The summed E-state index contributed by atoms with van der Waals surface area (Å²) in [6.45, 7) is 1.38. The molecule has 1 aliphatic heterocycles. The van der Waals surface area contributed by atoms with Gasteiger partial charge in [0.2, 0.25) is 0 Å². The first-order valence-electron chi connectivity index (χ1n) is 6.87. The van der Waals surface area contributed by atoms with Gasteiger partial charge in [-0.05, 0) is 17.7 Å². The largest absolute Gasteiger partial charge is 0.490 e. The first-order chi connectivity index (χ1) is 10.3. The maximum atomic E-state index is 6.25. The second kappa shape index (κ2) is 6.78. The second-order valence-electron chi connectivity index (χ2n) is 4.72. The van der Waals surface area contributed by atoms with Crippen LogP contribution >= 0.6 is 11.8 Å². The molecule has 1 aromatic carbocycles. The van der Waals surface area contributed by atoms with E-state index >= 15 is 0 Å². The number of fused-ring (bicyclic) bond motifs is 1. The molecule has 1 aromatic heterocycles. The monoisotopic (exact) mass is 303 g/mol. The third-order valence-corrected chi connectivity index (χ3v) is 4.18. The number of rotatable bonds is 4. The minimum absolute atomic E-state index is 0.0887. The number of hydrogen-bond acceptors (Lipinski definition) is 6. The fourth-order valence-electron chi connectivity index (χ4n) is 2.04. The molecule has 6 heteroatoms. The van der Waals surface area contributed by atoms with Crippen molar-refractivity contribution in [1.82, 2.24) is 9.97 Å². The van der Waals surface area contributed by atoms with Gasteiger partial charge in [-0.2, -0.15) is 0 Å². The summed E-state index contributed by atoms with van der Waals surface area (Å²) in [6, 6.07) is 5.81. The van der Waals surface area contributed by atoms with Crippen LogP contribution in [0.25, 0.3) is 0 Å². The number of nitrogens with two attached hydrogens (primary N) is 1. The van der Waals surface area contributed by atoms with E-state index in [1.54, 1.807) is 30.4 Å². The summed E-state index contributed by atoms with van der Waals surface area (Å²) in [5.74, 6) is 2.31. The third kappa shape index (κ3) is 3.65. The Morgan fingerprint density at radius 3 is 2.86 bits per heavy atom. The number of aromatic nitrogens is 2. The Bertz CT molecular complexity index is 595. The van der Waals surface area contributed by atoms with Crippen LogP contribution in [0.5, 0.6) is 11.5 Å². The first-order valence-corrected chi connectivity index (χ1v) is 7.85. The molecule has 0 bridgehead atoms. The van der Waals surface area contributed by atoms with Crippen molar-refractivity contribution in [1.29, 1.82) is 0 Å². The zero-order chi connectivity index (χ0) is 14.5. The fourth-order valence-corrected chi connectivity index (χ4v) is 2.86. The van der Waals surface area contributed by atoms with Gasteiger partial charge in [-0.25, -0.2) is 4.98 Å². The van der Waals surface area contributed by atoms with Gasteiger partial charge in [0.05, 0.1) is 19.4 Å². The molecule has 2 N–H and O–H groups in total. The Hall–Kier alpha value is -1.79. The summed E-state index contributed by atoms with van der Waals surface area (Å²) in [6.07, 6.45) is 5.99. The summed E-state index contributed by atoms with van der Waals surface area (Å²) in [5.41, 5.74) is 7.29. The van der Waals surface area contributed by atoms with Gasteiger partial charge in [0.25, 0.3) is 0 Å². The van der Waals surface area contributed by atoms with Gasteiger partial charge >= 0.3 is 0 Å². The van der Waals surface area contributed by atoms with Crippen molar-refractivity contribution in [3.63, 3.8) is 0 Å². The van der Waals surface area contributed by atoms with Crippen molar-refractivity contribution in [2.45, 2.75) is 17.5 Å². The molecule has 0 saturated carbocycles. The summed E-state index contributed by atoms with van der Waals surface area (Å²) < 4.78 is 11.3. The highest BCUT2D eigenvalue weighted by Gasteiger charge is 2.14. The minimum Gasteiger partial charge on any atom is -0.490 e. The number of benzene rings is 1. The summed E-state index contributed by atoms with van der Waals surface area (Å²) in [4.78, 5) is 8.27. The fraction of sp³-hybridized carbons (Fsp3) is 0.333. The molecular weight excluding hydrogens is 286 g/mol. The van der Waals surface area contributed by atoms with Gasteiger partial charge in [-0.3, -0.25) is 4.98 Å². The van der Waals surface area contributed by atoms with E-state index in [2.05, 4.69) is 9.97 Å². The molecule has 1 aliphatic rings. The molecule has 3 rings (SSSR count). The van der Waals surface area contributed by atoms with Crippen LogP contribution in [-0.4, -0.2) is 28.9 Å². The highest BCUT2D eigenvalue weighted by atomic mass is 32.2. The smallest absolute Gasteiger partial charge is 0.161 e. The van der Waals surface area contributed by atoms with E-state index in [1.807, 2.05) is 18.2 Å². The minimum atomic E-state index is -0.0887. The predicted molar refractivity (Wildman–Crippen MR) is 81.7 cm³/mol. The quantitative estimate of drug-likeness (QED) is 0.875. The van der Waals surface area contributed by atoms with Gasteiger partial charge < -0.3 is 15.2 Å². The molecule has 0 radical (unpaired) electrons. The van der Waals surface area contributed by atoms with E-state index in [4.69, 9.17) is 15.2 Å².